The van der Waals surface area contributed by atoms with E-state index < -0.39 is 5.41 Å². The van der Waals surface area contributed by atoms with Crippen LogP contribution in [0.5, 0.6) is 0 Å². The molecule has 1 aromatic rings. The molecule has 2 rings (SSSR count). The summed E-state index contributed by atoms with van der Waals surface area (Å²) in [6.07, 6.45) is 2.56. The predicted molar refractivity (Wildman–Crippen MR) is 80.6 cm³/mol. The molecule has 1 aliphatic rings. The largest absolute Gasteiger partial charge is 0.465 e. The SMILES string of the molecule is CC(C)CCOC(=O)C1(c2ccccc2)CCNCC1. The fourth-order valence-corrected chi connectivity index (χ4v) is 2.75. The highest BCUT2D eigenvalue weighted by molar-refractivity contribution is 5.83. The highest BCUT2D eigenvalue weighted by Gasteiger charge is 2.42. The van der Waals surface area contributed by atoms with Crippen LogP contribution in [0.1, 0.15) is 38.7 Å². The number of carbonyl (C=O) groups is 1. The fourth-order valence-electron chi connectivity index (χ4n) is 2.75. The van der Waals surface area contributed by atoms with Crippen molar-refractivity contribution in [2.75, 3.05) is 19.7 Å². The molecule has 0 aliphatic carbocycles. The molecule has 0 radical (unpaired) electrons. The van der Waals surface area contributed by atoms with Gasteiger partial charge in [0.2, 0.25) is 0 Å². The third-order valence-electron chi connectivity index (χ3n) is 4.10. The van der Waals surface area contributed by atoms with Gasteiger partial charge in [0.15, 0.2) is 0 Å². The minimum Gasteiger partial charge on any atom is -0.465 e. The molecule has 0 saturated carbocycles. The predicted octanol–water partition coefficient (Wildman–Crippen LogP) is 2.90. The van der Waals surface area contributed by atoms with E-state index >= 15 is 0 Å². The van der Waals surface area contributed by atoms with Crippen LogP contribution in [0, 0.1) is 5.92 Å². The van der Waals surface area contributed by atoms with Crippen molar-refractivity contribution in [3.63, 3.8) is 0 Å². The molecule has 3 heteroatoms. The van der Waals surface area contributed by atoms with Crippen molar-refractivity contribution >= 4 is 5.97 Å². The average molecular weight is 275 g/mol. The number of carbonyl (C=O) groups excluding carboxylic acids is 1. The smallest absolute Gasteiger partial charge is 0.316 e. The first-order valence-electron chi connectivity index (χ1n) is 7.58. The van der Waals surface area contributed by atoms with Gasteiger partial charge in [0.1, 0.15) is 0 Å². The van der Waals surface area contributed by atoms with Crippen LogP contribution in [0.3, 0.4) is 0 Å². The Morgan fingerprint density at radius 3 is 2.50 bits per heavy atom. The molecule has 110 valence electrons. The Hall–Kier alpha value is -1.35. The van der Waals surface area contributed by atoms with E-state index in [0.29, 0.717) is 12.5 Å². The second-order valence-electron chi connectivity index (χ2n) is 6.02. The molecule has 0 amide bonds. The van der Waals surface area contributed by atoms with E-state index in [0.717, 1.165) is 37.9 Å². The number of benzene rings is 1. The molecule has 1 heterocycles. The van der Waals surface area contributed by atoms with Gasteiger partial charge in [0, 0.05) is 0 Å². The average Bonchev–Trinajstić information content (AvgIpc) is 2.48. The molecule has 1 saturated heterocycles. The monoisotopic (exact) mass is 275 g/mol. The number of nitrogens with one attached hydrogen (secondary N) is 1. The van der Waals surface area contributed by atoms with Crippen LogP contribution >= 0.6 is 0 Å². The van der Waals surface area contributed by atoms with Gasteiger partial charge in [0.05, 0.1) is 12.0 Å². The summed E-state index contributed by atoms with van der Waals surface area (Å²) >= 11 is 0. The van der Waals surface area contributed by atoms with Gasteiger partial charge in [-0.1, -0.05) is 44.2 Å². The van der Waals surface area contributed by atoms with Crippen molar-refractivity contribution in [2.45, 2.75) is 38.5 Å². The van der Waals surface area contributed by atoms with Gasteiger partial charge in [-0.25, -0.2) is 0 Å². The first-order chi connectivity index (χ1) is 9.65. The number of piperidine rings is 1. The van der Waals surface area contributed by atoms with E-state index in [1.54, 1.807) is 0 Å². The van der Waals surface area contributed by atoms with Crippen LogP contribution in [-0.4, -0.2) is 25.7 Å². The van der Waals surface area contributed by atoms with Crippen LogP contribution in [0.15, 0.2) is 30.3 Å². The van der Waals surface area contributed by atoms with Gasteiger partial charge in [-0.3, -0.25) is 4.79 Å². The normalized spacial score (nSPS) is 17.9. The number of ether oxygens (including phenoxy) is 1. The van der Waals surface area contributed by atoms with Gasteiger partial charge < -0.3 is 10.1 Å². The van der Waals surface area contributed by atoms with Gasteiger partial charge in [-0.2, -0.15) is 0 Å². The summed E-state index contributed by atoms with van der Waals surface area (Å²) in [5.74, 6) is 0.509. The number of hydrogen-bond donors (Lipinski definition) is 1. The van der Waals surface area contributed by atoms with E-state index in [9.17, 15) is 4.79 Å². The lowest BCUT2D eigenvalue weighted by molar-refractivity contribution is -0.152. The maximum absolute atomic E-state index is 12.7. The van der Waals surface area contributed by atoms with Crippen molar-refractivity contribution in [1.29, 1.82) is 0 Å². The number of rotatable bonds is 5. The second kappa shape index (κ2) is 6.89. The van der Waals surface area contributed by atoms with E-state index in [4.69, 9.17) is 4.74 Å². The topological polar surface area (TPSA) is 38.3 Å². The van der Waals surface area contributed by atoms with E-state index in [-0.39, 0.29) is 5.97 Å². The highest BCUT2D eigenvalue weighted by Crippen LogP contribution is 2.34. The third kappa shape index (κ3) is 3.40. The Morgan fingerprint density at radius 1 is 1.25 bits per heavy atom. The molecule has 1 N–H and O–H groups in total. The zero-order valence-electron chi connectivity index (χ0n) is 12.5. The summed E-state index contributed by atoms with van der Waals surface area (Å²) < 4.78 is 5.58. The number of hydrogen-bond acceptors (Lipinski definition) is 3. The molecule has 0 unspecified atom stereocenters. The second-order valence-corrected chi connectivity index (χ2v) is 6.02. The maximum atomic E-state index is 12.7. The van der Waals surface area contributed by atoms with E-state index in [2.05, 4.69) is 31.3 Å². The fraction of sp³-hybridized carbons (Fsp3) is 0.588. The number of esters is 1. The van der Waals surface area contributed by atoms with Gasteiger partial charge in [0.25, 0.3) is 0 Å². The Labute approximate surface area is 121 Å². The van der Waals surface area contributed by atoms with Crippen molar-refractivity contribution in [3.8, 4) is 0 Å². The van der Waals surface area contributed by atoms with Crippen LogP contribution < -0.4 is 5.32 Å². The van der Waals surface area contributed by atoms with Crippen molar-refractivity contribution in [3.05, 3.63) is 35.9 Å². The van der Waals surface area contributed by atoms with Crippen molar-refractivity contribution in [2.24, 2.45) is 5.92 Å². The van der Waals surface area contributed by atoms with Gasteiger partial charge in [-0.15, -0.1) is 0 Å². The molecular weight excluding hydrogens is 250 g/mol. The van der Waals surface area contributed by atoms with E-state index in [1.165, 1.54) is 0 Å². The lowest BCUT2D eigenvalue weighted by atomic mass is 9.73. The summed E-state index contributed by atoms with van der Waals surface area (Å²) in [5.41, 5.74) is 0.639. The Morgan fingerprint density at radius 2 is 1.90 bits per heavy atom. The first kappa shape index (κ1) is 15.0. The summed E-state index contributed by atoms with van der Waals surface area (Å²) in [5, 5.41) is 3.33. The quantitative estimate of drug-likeness (QED) is 0.840. The third-order valence-corrected chi connectivity index (χ3v) is 4.10. The molecular formula is C17H25NO2. The van der Waals surface area contributed by atoms with Crippen LogP contribution in [0.4, 0.5) is 0 Å². The summed E-state index contributed by atoms with van der Waals surface area (Å²) in [6.45, 7) is 6.55. The minimum atomic E-state index is -0.455. The van der Waals surface area contributed by atoms with Crippen molar-refractivity contribution in [1.82, 2.24) is 5.32 Å². The molecule has 0 spiro atoms. The highest BCUT2D eigenvalue weighted by atomic mass is 16.5. The zero-order chi connectivity index (χ0) is 14.4. The molecule has 0 aromatic heterocycles. The first-order valence-corrected chi connectivity index (χ1v) is 7.58. The lowest BCUT2D eigenvalue weighted by Gasteiger charge is -2.35. The standard InChI is InChI=1S/C17H25NO2/c1-14(2)8-13-20-16(19)17(9-11-18-12-10-17)15-6-4-3-5-7-15/h3-7,14,18H,8-13H2,1-2H3. The minimum absolute atomic E-state index is 0.0501. The van der Waals surface area contributed by atoms with Gasteiger partial charge >= 0.3 is 5.97 Å². The van der Waals surface area contributed by atoms with E-state index in [1.807, 2.05) is 18.2 Å². The summed E-state index contributed by atoms with van der Waals surface area (Å²) in [7, 11) is 0. The Kier molecular flexibility index (Phi) is 5.18. The van der Waals surface area contributed by atoms with Gasteiger partial charge in [-0.05, 0) is 43.8 Å². The maximum Gasteiger partial charge on any atom is 0.316 e. The molecule has 0 bridgehead atoms. The Balaban J connectivity index is 2.13. The molecule has 20 heavy (non-hydrogen) atoms. The lowest BCUT2D eigenvalue weighted by Crippen LogP contribution is -2.46. The molecule has 1 aliphatic heterocycles. The molecule has 0 atom stereocenters. The molecule has 1 fully saturated rings. The van der Waals surface area contributed by atoms with Crippen molar-refractivity contribution < 1.29 is 9.53 Å². The summed E-state index contributed by atoms with van der Waals surface area (Å²) in [6, 6.07) is 10.1. The van der Waals surface area contributed by atoms with Crippen LogP contribution in [-0.2, 0) is 14.9 Å². The molecule has 3 nitrogen and oxygen atoms in total. The van der Waals surface area contributed by atoms with Crippen LogP contribution in [0.25, 0.3) is 0 Å². The van der Waals surface area contributed by atoms with Crippen LogP contribution in [0.2, 0.25) is 0 Å². The molecule has 1 aromatic carbocycles. The summed E-state index contributed by atoms with van der Waals surface area (Å²) in [4.78, 5) is 12.7. The Bertz CT molecular complexity index is 422. The zero-order valence-corrected chi connectivity index (χ0v) is 12.5.